The van der Waals surface area contributed by atoms with Crippen molar-refractivity contribution in [2.45, 2.75) is 26.1 Å². The van der Waals surface area contributed by atoms with E-state index in [1.54, 1.807) is 7.11 Å². The average Bonchev–Trinajstić information content (AvgIpc) is 2.35. The summed E-state index contributed by atoms with van der Waals surface area (Å²) in [7, 11) is 1.57. The lowest BCUT2D eigenvalue weighted by Gasteiger charge is -2.15. The maximum absolute atomic E-state index is 10.7. The van der Waals surface area contributed by atoms with E-state index < -0.39 is 11.0 Å². The van der Waals surface area contributed by atoms with Gasteiger partial charge in [0, 0.05) is 24.8 Å². The van der Waals surface area contributed by atoms with Crippen molar-refractivity contribution in [3.63, 3.8) is 0 Å². The molecule has 0 bridgehead atoms. The molecule has 18 heavy (non-hydrogen) atoms. The Balaban J connectivity index is 2.93. The van der Waals surface area contributed by atoms with Gasteiger partial charge in [-0.25, -0.2) is 0 Å². The second-order valence-electron chi connectivity index (χ2n) is 4.01. The highest BCUT2D eigenvalue weighted by Crippen LogP contribution is 2.29. The van der Waals surface area contributed by atoms with E-state index in [0.29, 0.717) is 17.9 Å². The predicted octanol–water partition coefficient (Wildman–Crippen LogP) is 2.06. The summed E-state index contributed by atoms with van der Waals surface area (Å²) >= 11 is 0. The summed E-state index contributed by atoms with van der Waals surface area (Å²) < 4.78 is 10.5. The molecule has 0 saturated carbocycles. The van der Waals surface area contributed by atoms with Crippen LogP contribution in [-0.2, 0) is 4.74 Å². The van der Waals surface area contributed by atoms with Gasteiger partial charge in [-0.2, -0.15) is 0 Å². The molecule has 1 N–H and O–H groups in total. The molecule has 0 radical (unpaired) electrons. The Labute approximate surface area is 105 Å². The highest BCUT2D eigenvalue weighted by Gasteiger charge is 2.15. The molecular weight excluding hydrogens is 238 g/mol. The van der Waals surface area contributed by atoms with E-state index in [0.717, 1.165) is 0 Å². The van der Waals surface area contributed by atoms with Crippen molar-refractivity contribution in [2.24, 2.45) is 0 Å². The van der Waals surface area contributed by atoms with Gasteiger partial charge in [-0.05, 0) is 19.9 Å². The Morgan fingerprint density at radius 3 is 2.61 bits per heavy atom. The second-order valence-corrected chi connectivity index (χ2v) is 4.01. The zero-order valence-corrected chi connectivity index (χ0v) is 10.6. The minimum absolute atomic E-state index is 0.0713. The third kappa shape index (κ3) is 3.68. The van der Waals surface area contributed by atoms with E-state index in [2.05, 4.69) is 0 Å². The highest BCUT2D eigenvalue weighted by atomic mass is 16.6. The summed E-state index contributed by atoms with van der Waals surface area (Å²) in [6.45, 7) is 3.69. The molecule has 0 amide bonds. The molecule has 0 aromatic heterocycles. The number of hydrogen-bond acceptors (Lipinski definition) is 5. The molecule has 1 aromatic carbocycles. The summed E-state index contributed by atoms with van der Waals surface area (Å²) in [6, 6.07) is 4.15. The minimum atomic E-state index is -0.835. The smallest absolute Gasteiger partial charge is 0.270 e. The molecule has 1 aromatic rings. The number of nitro groups is 1. The maximum Gasteiger partial charge on any atom is 0.270 e. The first-order valence-electron chi connectivity index (χ1n) is 5.57. The largest absolute Gasteiger partial charge is 0.491 e. The fraction of sp³-hybridized carbons (Fsp3) is 0.500. The van der Waals surface area contributed by atoms with Gasteiger partial charge in [-0.1, -0.05) is 0 Å². The van der Waals surface area contributed by atoms with Crippen LogP contribution in [0.3, 0.4) is 0 Å². The zero-order valence-electron chi connectivity index (χ0n) is 10.6. The van der Waals surface area contributed by atoms with Crippen LogP contribution in [0.2, 0.25) is 0 Å². The van der Waals surface area contributed by atoms with Crippen LogP contribution in [0, 0.1) is 10.1 Å². The van der Waals surface area contributed by atoms with Crippen molar-refractivity contribution in [3.05, 3.63) is 33.9 Å². The van der Waals surface area contributed by atoms with Crippen LogP contribution < -0.4 is 4.74 Å². The Morgan fingerprint density at radius 1 is 1.44 bits per heavy atom. The fourth-order valence-corrected chi connectivity index (χ4v) is 1.38. The lowest BCUT2D eigenvalue weighted by molar-refractivity contribution is -0.385. The van der Waals surface area contributed by atoms with Gasteiger partial charge in [0.2, 0.25) is 0 Å². The van der Waals surface area contributed by atoms with Crippen LogP contribution in [-0.4, -0.2) is 29.9 Å². The molecule has 100 valence electrons. The van der Waals surface area contributed by atoms with Gasteiger partial charge in [0.1, 0.15) is 12.4 Å². The van der Waals surface area contributed by atoms with E-state index in [1.807, 2.05) is 6.92 Å². The molecule has 2 unspecified atom stereocenters. The Kier molecular flexibility index (Phi) is 5.06. The van der Waals surface area contributed by atoms with Gasteiger partial charge in [0.25, 0.3) is 5.69 Å². The van der Waals surface area contributed by atoms with E-state index in [-0.39, 0.29) is 11.8 Å². The van der Waals surface area contributed by atoms with Gasteiger partial charge in [0.05, 0.1) is 17.1 Å². The lowest BCUT2D eigenvalue weighted by Crippen LogP contribution is -2.16. The number of aliphatic hydroxyl groups excluding tert-OH is 1. The van der Waals surface area contributed by atoms with Crippen molar-refractivity contribution < 1.29 is 19.5 Å². The molecule has 0 fully saturated rings. The van der Waals surface area contributed by atoms with Crippen LogP contribution in [0.5, 0.6) is 5.75 Å². The number of ether oxygens (including phenoxy) is 2. The second kappa shape index (κ2) is 6.32. The summed E-state index contributed by atoms with van der Waals surface area (Å²) in [5.74, 6) is 0.430. The van der Waals surface area contributed by atoms with Crippen LogP contribution >= 0.6 is 0 Å². The van der Waals surface area contributed by atoms with Gasteiger partial charge >= 0.3 is 0 Å². The summed E-state index contributed by atoms with van der Waals surface area (Å²) in [4.78, 5) is 10.2. The summed E-state index contributed by atoms with van der Waals surface area (Å²) in [5, 5.41) is 20.3. The van der Waals surface area contributed by atoms with Crippen LogP contribution in [0.1, 0.15) is 25.5 Å². The minimum Gasteiger partial charge on any atom is -0.491 e. The van der Waals surface area contributed by atoms with E-state index >= 15 is 0 Å². The normalized spacial score (nSPS) is 14.0. The van der Waals surface area contributed by atoms with Crippen LogP contribution in [0.25, 0.3) is 0 Å². The number of methoxy groups -OCH3 is 1. The van der Waals surface area contributed by atoms with E-state index in [9.17, 15) is 15.2 Å². The Bertz CT molecular complexity index is 419. The zero-order chi connectivity index (χ0) is 13.7. The van der Waals surface area contributed by atoms with Gasteiger partial charge in [0.15, 0.2) is 0 Å². The molecular formula is C12H17NO5. The number of benzene rings is 1. The standard InChI is InChI=1S/C12H17NO5/c1-8(17-3)7-18-12-5-4-10(13(15)16)6-11(12)9(2)14/h4-6,8-9,14H,7H2,1-3H3. The summed E-state index contributed by atoms with van der Waals surface area (Å²) in [5.41, 5.74) is 0.325. The lowest BCUT2D eigenvalue weighted by atomic mass is 10.1. The van der Waals surface area contributed by atoms with E-state index in [4.69, 9.17) is 9.47 Å². The Morgan fingerprint density at radius 2 is 2.11 bits per heavy atom. The number of aliphatic hydroxyl groups is 1. The maximum atomic E-state index is 10.7. The first kappa shape index (κ1) is 14.4. The number of rotatable bonds is 6. The van der Waals surface area contributed by atoms with Crippen molar-refractivity contribution in [1.82, 2.24) is 0 Å². The first-order valence-corrected chi connectivity index (χ1v) is 5.57. The van der Waals surface area contributed by atoms with Gasteiger partial charge in [-0.3, -0.25) is 10.1 Å². The molecule has 0 heterocycles. The van der Waals surface area contributed by atoms with Crippen molar-refractivity contribution in [1.29, 1.82) is 0 Å². The van der Waals surface area contributed by atoms with Crippen LogP contribution in [0.4, 0.5) is 5.69 Å². The van der Waals surface area contributed by atoms with Crippen molar-refractivity contribution in [2.75, 3.05) is 13.7 Å². The SMILES string of the molecule is COC(C)COc1ccc([N+](=O)[O-])cc1C(C)O. The number of hydrogen-bond donors (Lipinski definition) is 1. The van der Waals surface area contributed by atoms with Gasteiger partial charge < -0.3 is 14.6 Å². The molecule has 1 rings (SSSR count). The third-order valence-electron chi connectivity index (χ3n) is 2.53. The molecule has 0 spiro atoms. The van der Waals surface area contributed by atoms with E-state index in [1.165, 1.54) is 25.1 Å². The van der Waals surface area contributed by atoms with Crippen molar-refractivity contribution >= 4 is 5.69 Å². The number of nitrogens with zero attached hydrogens (tertiary/aromatic N) is 1. The monoisotopic (exact) mass is 255 g/mol. The molecule has 6 heteroatoms. The molecule has 0 aliphatic rings. The van der Waals surface area contributed by atoms with Crippen LogP contribution in [0.15, 0.2) is 18.2 Å². The molecule has 0 aliphatic heterocycles. The molecule has 2 atom stereocenters. The van der Waals surface area contributed by atoms with Crippen molar-refractivity contribution in [3.8, 4) is 5.75 Å². The molecule has 6 nitrogen and oxygen atoms in total. The first-order chi connectivity index (χ1) is 8.45. The predicted molar refractivity (Wildman–Crippen MR) is 65.7 cm³/mol. The molecule has 0 aliphatic carbocycles. The topological polar surface area (TPSA) is 81.8 Å². The molecule has 0 saturated heterocycles. The number of nitro benzene ring substituents is 1. The fourth-order valence-electron chi connectivity index (χ4n) is 1.38. The quantitative estimate of drug-likeness (QED) is 0.621. The summed E-state index contributed by atoms with van der Waals surface area (Å²) in [6.07, 6.45) is -0.931. The highest BCUT2D eigenvalue weighted by molar-refractivity contribution is 5.44. The Hall–Kier alpha value is -1.66. The number of non-ortho nitro benzene ring substituents is 1. The average molecular weight is 255 g/mol. The third-order valence-corrected chi connectivity index (χ3v) is 2.53. The van der Waals surface area contributed by atoms with Gasteiger partial charge in [-0.15, -0.1) is 0 Å².